The van der Waals surface area contributed by atoms with Gasteiger partial charge in [-0.25, -0.2) is 4.79 Å². The van der Waals surface area contributed by atoms with E-state index in [0.29, 0.717) is 5.65 Å². The lowest BCUT2D eigenvalue weighted by molar-refractivity contribution is -0.686. The molecule has 3 aromatic heterocycles. The lowest BCUT2D eigenvalue weighted by Gasteiger charge is -2.18. The fourth-order valence-corrected chi connectivity index (χ4v) is 2.24. The molecule has 0 radical (unpaired) electrons. The van der Waals surface area contributed by atoms with Crippen molar-refractivity contribution in [3.63, 3.8) is 0 Å². The molecule has 0 amide bonds. The SMILES string of the molecule is CBr.CC(C)(C)OC(=O)C[n+]1ccc(-c2ccnn3cnnc23)cc1. The number of aromatic nitrogens is 5. The number of nitrogens with zero attached hydrogens (tertiary/aromatic N) is 5. The fraction of sp³-hybridized carbons (Fsp3) is 0.353. The second-order valence-corrected chi connectivity index (χ2v) is 6.19. The first kappa shape index (κ1) is 19.0. The van der Waals surface area contributed by atoms with Crippen LogP contribution in [0.4, 0.5) is 0 Å². The number of hydrogen-bond donors (Lipinski definition) is 0. The third-order valence-electron chi connectivity index (χ3n) is 3.14. The summed E-state index contributed by atoms with van der Waals surface area (Å²) in [4.78, 5) is 11.9. The predicted molar refractivity (Wildman–Crippen MR) is 97.1 cm³/mol. The van der Waals surface area contributed by atoms with E-state index in [-0.39, 0.29) is 12.5 Å². The van der Waals surface area contributed by atoms with Gasteiger partial charge in [0.25, 0.3) is 0 Å². The molecule has 0 atom stereocenters. The van der Waals surface area contributed by atoms with Crippen LogP contribution in [0.15, 0.2) is 43.1 Å². The van der Waals surface area contributed by atoms with E-state index in [2.05, 4.69) is 31.2 Å². The van der Waals surface area contributed by atoms with E-state index in [9.17, 15) is 4.79 Å². The molecule has 7 nitrogen and oxygen atoms in total. The third kappa shape index (κ3) is 5.06. The Kier molecular flexibility index (Phi) is 6.19. The molecule has 0 spiro atoms. The van der Waals surface area contributed by atoms with Gasteiger partial charge in [-0.2, -0.15) is 14.2 Å². The Hall–Kier alpha value is -2.35. The molecule has 0 aliphatic carbocycles. The molecule has 0 N–H and O–H groups in total. The topological polar surface area (TPSA) is 73.3 Å². The maximum Gasteiger partial charge on any atom is 0.373 e. The monoisotopic (exact) mass is 406 g/mol. The van der Waals surface area contributed by atoms with Crippen molar-refractivity contribution in [1.82, 2.24) is 19.8 Å². The normalized spacial score (nSPS) is 10.9. The Morgan fingerprint density at radius 2 is 1.92 bits per heavy atom. The molecule has 3 aromatic rings. The highest BCUT2D eigenvalue weighted by molar-refractivity contribution is 9.08. The van der Waals surface area contributed by atoms with Gasteiger partial charge in [-0.1, -0.05) is 15.9 Å². The van der Waals surface area contributed by atoms with Crippen LogP contribution in [0.3, 0.4) is 0 Å². The molecule has 132 valence electrons. The predicted octanol–water partition coefficient (Wildman–Crippen LogP) is 2.43. The van der Waals surface area contributed by atoms with Crippen molar-refractivity contribution in [2.75, 3.05) is 5.83 Å². The van der Waals surface area contributed by atoms with Gasteiger partial charge in [0.15, 0.2) is 18.0 Å². The highest BCUT2D eigenvalue weighted by atomic mass is 79.9. The van der Waals surface area contributed by atoms with Crippen LogP contribution in [-0.4, -0.2) is 37.2 Å². The Bertz CT molecular complexity index is 840. The van der Waals surface area contributed by atoms with Crippen LogP contribution in [-0.2, 0) is 16.1 Å². The Labute approximate surface area is 154 Å². The highest BCUT2D eigenvalue weighted by Gasteiger charge is 2.19. The van der Waals surface area contributed by atoms with E-state index in [1.807, 2.05) is 57.2 Å². The number of pyridine rings is 1. The summed E-state index contributed by atoms with van der Waals surface area (Å²) in [5.74, 6) is 1.55. The fourth-order valence-electron chi connectivity index (χ4n) is 2.24. The quantitative estimate of drug-likeness (QED) is 0.379. The van der Waals surface area contributed by atoms with E-state index in [1.165, 1.54) is 0 Å². The van der Waals surface area contributed by atoms with Crippen LogP contribution in [0.25, 0.3) is 16.8 Å². The van der Waals surface area contributed by atoms with E-state index in [1.54, 1.807) is 21.6 Å². The third-order valence-corrected chi connectivity index (χ3v) is 3.14. The van der Waals surface area contributed by atoms with Crippen molar-refractivity contribution in [1.29, 1.82) is 0 Å². The van der Waals surface area contributed by atoms with Gasteiger partial charge in [0.05, 0.1) is 0 Å². The second-order valence-electron chi connectivity index (χ2n) is 6.19. The molecule has 3 rings (SSSR count). The van der Waals surface area contributed by atoms with Gasteiger partial charge in [0.2, 0.25) is 6.54 Å². The number of alkyl halides is 1. The zero-order valence-electron chi connectivity index (χ0n) is 14.7. The van der Waals surface area contributed by atoms with Gasteiger partial charge in [-0.3, -0.25) is 0 Å². The van der Waals surface area contributed by atoms with Gasteiger partial charge >= 0.3 is 5.97 Å². The number of esters is 1. The van der Waals surface area contributed by atoms with Crippen molar-refractivity contribution in [2.45, 2.75) is 32.9 Å². The molecule has 0 bridgehead atoms. The van der Waals surface area contributed by atoms with Crippen molar-refractivity contribution in [3.05, 3.63) is 43.1 Å². The van der Waals surface area contributed by atoms with Crippen molar-refractivity contribution >= 4 is 27.5 Å². The summed E-state index contributed by atoms with van der Waals surface area (Å²) < 4.78 is 8.71. The van der Waals surface area contributed by atoms with Crippen molar-refractivity contribution < 1.29 is 14.1 Å². The number of carbonyl (C=O) groups excluding carboxylic acids is 1. The summed E-state index contributed by atoms with van der Waals surface area (Å²) in [5, 5.41) is 12.1. The maximum absolute atomic E-state index is 11.9. The van der Waals surface area contributed by atoms with Crippen LogP contribution in [0.5, 0.6) is 0 Å². The minimum atomic E-state index is -0.478. The van der Waals surface area contributed by atoms with Crippen LogP contribution >= 0.6 is 15.9 Å². The number of hydrogen-bond acceptors (Lipinski definition) is 5. The minimum absolute atomic E-state index is 0.175. The largest absolute Gasteiger partial charge is 0.455 e. The molecule has 0 saturated carbocycles. The summed E-state index contributed by atoms with van der Waals surface area (Å²) in [5.41, 5.74) is 2.12. The molecule has 0 unspecified atom stereocenters. The summed E-state index contributed by atoms with van der Waals surface area (Å²) in [6, 6.07) is 5.74. The van der Waals surface area contributed by atoms with Gasteiger partial charge < -0.3 is 4.74 Å². The van der Waals surface area contributed by atoms with Crippen LogP contribution in [0, 0.1) is 0 Å². The first-order valence-electron chi connectivity index (χ1n) is 7.66. The zero-order valence-corrected chi connectivity index (χ0v) is 16.3. The number of rotatable bonds is 3. The number of carbonyl (C=O) groups is 1. The minimum Gasteiger partial charge on any atom is -0.455 e. The molecular weight excluding hydrogens is 386 g/mol. The highest BCUT2D eigenvalue weighted by Crippen LogP contribution is 2.20. The Morgan fingerprint density at radius 1 is 1.24 bits per heavy atom. The lowest BCUT2D eigenvalue weighted by atomic mass is 10.1. The van der Waals surface area contributed by atoms with E-state index in [0.717, 1.165) is 11.1 Å². The maximum atomic E-state index is 11.9. The molecule has 0 aliphatic rings. The van der Waals surface area contributed by atoms with Crippen LogP contribution in [0.1, 0.15) is 20.8 Å². The lowest BCUT2D eigenvalue weighted by Crippen LogP contribution is -2.40. The Balaban J connectivity index is 0.00000109. The molecular formula is C17H21BrN5O2+. The van der Waals surface area contributed by atoms with E-state index in [4.69, 9.17) is 4.74 Å². The molecule has 0 saturated heterocycles. The average Bonchev–Trinajstić information content (AvgIpc) is 3.04. The molecule has 3 heterocycles. The molecule has 8 heteroatoms. The number of ether oxygens (including phenoxy) is 1. The molecule has 25 heavy (non-hydrogen) atoms. The number of halogens is 1. The summed E-state index contributed by atoms with van der Waals surface area (Å²) in [6.45, 7) is 5.73. The molecule has 0 aliphatic heterocycles. The number of fused-ring (bicyclic) bond motifs is 1. The van der Waals surface area contributed by atoms with Gasteiger partial charge in [-0.15, -0.1) is 10.2 Å². The molecule has 0 fully saturated rings. The molecule has 0 aromatic carbocycles. The summed E-state index contributed by atoms with van der Waals surface area (Å²) in [6.07, 6.45) is 6.94. The standard InChI is InChI=1S/C16H18N5O2.CH3Br/c1-16(2,3)23-14(22)10-20-8-5-12(6-9-20)13-4-7-18-21-11-17-19-15(13)21;1-2/h4-9,11H,10H2,1-3H3;1H3/q+1;. The average molecular weight is 407 g/mol. The Morgan fingerprint density at radius 3 is 2.56 bits per heavy atom. The van der Waals surface area contributed by atoms with Crippen molar-refractivity contribution in [2.24, 2.45) is 0 Å². The van der Waals surface area contributed by atoms with E-state index >= 15 is 0 Å². The smallest absolute Gasteiger partial charge is 0.373 e. The van der Waals surface area contributed by atoms with Gasteiger partial charge in [0.1, 0.15) is 11.9 Å². The first-order valence-corrected chi connectivity index (χ1v) is 9.25. The summed E-state index contributed by atoms with van der Waals surface area (Å²) >= 11 is 2.94. The van der Waals surface area contributed by atoms with E-state index < -0.39 is 5.60 Å². The van der Waals surface area contributed by atoms with Crippen LogP contribution in [0.2, 0.25) is 0 Å². The van der Waals surface area contributed by atoms with Gasteiger partial charge in [0, 0.05) is 23.9 Å². The summed E-state index contributed by atoms with van der Waals surface area (Å²) in [7, 11) is 0. The zero-order chi connectivity index (χ0) is 18.4. The second kappa shape index (κ2) is 8.15. The van der Waals surface area contributed by atoms with Crippen molar-refractivity contribution in [3.8, 4) is 11.1 Å². The van der Waals surface area contributed by atoms with Crippen LogP contribution < -0.4 is 4.57 Å². The first-order chi connectivity index (χ1) is 11.9. The van der Waals surface area contributed by atoms with Gasteiger partial charge in [-0.05, 0) is 38.2 Å².